The molecule has 0 spiro atoms. The van der Waals surface area contributed by atoms with Crippen molar-refractivity contribution in [2.45, 2.75) is 19.4 Å². The number of rotatable bonds is 2. The van der Waals surface area contributed by atoms with E-state index in [1.807, 2.05) is 12.1 Å². The average molecular weight is 293 g/mol. The van der Waals surface area contributed by atoms with Crippen LogP contribution in [0, 0.1) is 0 Å². The first-order chi connectivity index (χ1) is 10.8. The SMILES string of the molecule is COc1ccc2c(c1)cc1n2CCCc2cccc(OC)c2-1. The molecule has 22 heavy (non-hydrogen) atoms. The van der Waals surface area contributed by atoms with E-state index in [0.717, 1.165) is 30.9 Å². The van der Waals surface area contributed by atoms with Gasteiger partial charge in [-0.25, -0.2) is 0 Å². The number of benzene rings is 2. The van der Waals surface area contributed by atoms with Crippen LogP contribution in [0.15, 0.2) is 42.5 Å². The molecule has 3 nitrogen and oxygen atoms in total. The number of nitrogens with zero attached hydrogens (tertiary/aromatic N) is 1. The highest BCUT2D eigenvalue weighted by Gasteiger charge is 2.20. The first-order valence-electron chi connectivity index (χ1n) is 7.65. The van der Waals surface area contributed by atoms with Gasteiger partial charge in [-0.1, -0.05) is 12.1 Å². The van der Waals surface area contributed by atoms with Gasteiger partial charge in [0.2, 0.25) is 0 Å². The van der Waals surface area contributed by atoms with Crippen LogP contribution in [0.1, 0.15) is 12.0 Å². The van der Waals surface area contributed by atoms with Gasteiger partial charge < -0.3 is 14.0 Å². The first kappa shape index (κ1) is 13.3. The van der Waals surface area contributed by atoms with E-state index in [4.69, 9.17) is 9.47 Å². The van der Waals surface area contributed by atoms with Crippen molar-refractivity contribution in [2.24, 2.45) is 0 Å². The second kappa shape index (κ2) is 5.09. The van der Waals surface area contributed by atoms with E-state index in [1.165, 1.54) is 27.7 Å². The largest absolute Gasteiger partial charge is 0.497 e. The Morgan fingerprint density at radius 2 is 1.91 bits per heavy atom. The summed E-state index contributed by atoms with van der Waals surface area (Å²) >= 11 is 0. The maximum absolute atomic E-state index is 5.63. The Labute approximate surface area is 130 Å². The molecule has 1 aliphatic heterocycles. The summed E-state index contributed by atoms with van der Waals surface area (Å²) in [6.45, 7) is 1.03. The highest BCUT2D eigenvalue weighted by Crippen LogP contribution is 2.40. The van der Waals surface area contributed by atoms with Gasteiger partial charge in [-0.15, -0.1) is 0 Å². The maximum Gasteiger partial charge on any atom is 0.128 e. The molecule has 0 radical (unpaired) electrons. The molecule has 3 aromatic rings. The molecular weight excluding hydrogens is 274 g/mol. The molecule has 1 aliphatic rings. The van der Waals surface area contributed by atoms with E-state index in [2.05, 4.69) is 34.9 Å². The van der Waals surface area contributed by atoms with Gasteiger partial charge in [0, 0.05) is 23.0 Å². The summed E-state index contributed by atoms with van der Waals surface area (Å²) in [5.41, 5.74) is 5.10. The number of methoxy groups -OCH3 is 2. The predicted molar refractivity (Wildman–Crippen MR) is 88.8 cm³/mol. The van der Waals surface area contributed by atoms with Gasteiger partial charge in [0.15, 0.2) is 0 Å². The quantitative estimate of drug-likeness (QED) is 0.704. The fourth-order valence-electron chi connectivity index (χ4n) is 3.50. The number of hydrogen-bond acceptors (Lipinski definition) is 2. The number of aromatic nitrogens is 1. The van der Waals surface area contributed by atoms with E-state index in [0.29, 0.717) is 0 Å². The Morgan fingerprint density at radius 3 is 2.73 bits per heavy atom. The molecule has 0 bridgehead atoms. The minimum absolute atomic E-state index is 0.897. The standard InChI is InChI=1S/C19H19NO2/c1-21-15-8-9-16-14(11-15)12-17-19-13(6-4-10-20(16)17)5-3-7-18(19)22-2/h3,5,7-9,11-12H,4,6,10H2,1-2H3. The van der Waals surface area contributed by atoms with Gasteiger partial charge in [0.05, 0.1) is 19.9 Å². The van der Waals surface area contributed by atoms with Crippen molar-refractivity contribution in [3.8, 4) is 22.8 Å². The third kappa shape index (κ3) is 1.89. The summed E-state index contributed by atoms with van der Waals surface area (Å²) in [7, 11) is 3.46. The molecule has 2 aromatic carbocycles. The second-order valence-corrected chi connectivity index (χ2v) is 5.70. The third-order valence-electron chi connectivity index (χ3n) is 4.52. The summed E-state index contributed by atoms with van der Waals surface area (Å²) in [5, 5.41) is 1.22. The van der Waals surface area contributed by atoms with Crippen LogP contribution >= 0.6 is 0 Å². The highest BCUT2D eigenvalue weighted by molar-refractivity contribution is 5.90. The summed E-state index contributed by atoms with van der Waals surface area (Å²) in [4.78, 5) is 0. The molecule has 0 unspecified atom stereocenters. The van der Waals surface area contributed by atoms with E-state index in [9.17, 15) is 0 Å². The molecular formula is C19H19NO2. The van der Waals surface area contributed by atoms with Gasteiger partial charge in [-0.3, -0.25) is 0 Å². The molecule has 3 heteroatoms. The van der Waals surface area contributed by atoms with E-state index < -0.39 is 0 Å². The van der Waals surface area contributed by atoms with Crippen molar-refractivity contribution in [3.63, 3.8) is 0 Å². The zero-order chi connectivity index (χ0) is 15.1. The van der Waals surface area contributed by atoms with Gasteiger partial charge >= 0.3 is 0 Å². The molecule has 0 saturated heterocycles. The Hall–Kier alpha value is -2.42. The van der Waals surface area contributed by atoms with Crippen molar-refractivity contribution in [1.29, 1.82) is 0 Å². The van der Waals surface area contributed by atoms with E-state index >= 15 is 0 Å². The lowest BCUT2D eigenvalue weighted by Gasteiger charge is -2.12. The van der Waals surface area contributed by atoms with Crippen LogP contribution in [0.25, 0.3) is 22.2 Å². The molecule has 0 saturated carbocycles. The van der Waals surface area contributed by atoms with Gasteiger partial charge in [-0.2, -0.15) is 0 Å². The Kier molecular flexibility index (Phi) is 3.07. The molecule has 1 aromatic heterocycles. The maximum atomic E-state index is 5.63. The van der Waals surface area contributed by atoms with Crippen LogP contribution in [-0.2, 0) is 13.0 Å². The topological polar surface area (TPSA) is 23.4 Å². The summed E-state index contributed by atoms with van der Waals surface area (Å²) in [6.07, 6.45) is 2.23. The van der Waals surface area contributed by atoms with Crippen LogP contribution in [0.4, 0.5) is 0 Å². The number of hydrogen-bond donors (Lipinski definition) is 0. The normalized spacial score (nSPS) is 13.4. The van der Waals surface area contributed by atoms with Crippen molar-refractivity contribution in [1.82, 2.24) is 4.57 Å². The Balaban J connectivity index is 2.03. The lowest BCUT2D eigenvalue weighted by Crippen LogP contribution is -1.98. The molecule has 0 aliphatic carbocycles. The average Bonchev–Trinajstić information content (AvgIpc) is 2.81. The Morgan fingerprint density at radius 1 is 1.00 bits per heavy atom. The summed E-state index contributed by atoms with van der Waals surface area (Å²) in [5.74, 6) is 1.85. The Bertz CT molecular complexity index is 848. The molecule has 0 atom stereocenters. The van der Waals surface area contributed by atoms with Crippen LogP contribution in [-0.4, -0.2) is 18.8 Å². The van der Waals surface area contributed by atoms with Gasteiger partial charge in [-0.05, 0) is 48.7 Å². The number of fused-ring (bicyclic) bond motifs is 5. The number of aryl methyl sites for hydroxylation is 2. The smallest absolute Gasteiger partial charge is 0.128 e. The molecule has 4 rings (SSSR count). The van der Waals surface area contributed by atoms with Crippen LogP contribution in [0.5, 0.6) is 11.5 Å². The minimum atomic E-state index is 0.897. The first-order valence-corrected chi connectivity index (χ1v) is 7.65. The summed E-state index contributed by atoms with van der Waals surface area (Å²) < 4.78 is 13.4. The van der Waals surface area contributed by atoms with Crippen LogP contribution < -0.4 is 9.47 Å². The zero-order valence-electron chi connectivity index (χ0n) is 12.9. The lowest BCUT2D eigenvalue weighted by molar-refractivity contribution is 0.415. The van der Waals surface area contributed by atoms with Crippen molar-refractivity contribution in [3.05, 3.63) is 48.0 Å². The minimum Gasteiger partial charge on any atom is -0.497 e. The third-order valence-corrected chi connectivity index (χ3v) is 4.52. The predicted octanol–water partition coefficient (Wildman–Crippen LogP) is 4.27. The van der Waals surface area contributed by atoms with Crippen LogP contribution in [0.3, 0.4) is 0 Å². The molecule has 2 heterocycles. The molecule has 0 amide bonds. The van der Waals surface area contributed by atoms with E-state index in [-0.39, 0.29) is 0 Å². The highest BCUT2D eigenvalue weighted by atomic mass is 16.5. The lowest BCUT2D eigenvalue weighted by atomic mass is 10.0. The fourth-order valence-corrected chi connectivity index (χ4v) is 3.50. The fraction of sp³-hybridized carbons (Fsp3) is 0.263. The number of ether oxygens (including phenoxy) is 2. The molecule has 112 valence electrons. The van der Waals surface area contributed by atoms with E-state index in [1.54, 1.807) is 14.2 Å². The van der Waals surface area contributed by atoms with Crippen molar-refractivity contribution < 1.29 is 9.47 Å². The second-order valence-electron chi connectivity index (χ2n) is 5.70. The van der Waals surface area contributed by atoms with Gasteiger partial charge in [0.1, 0.15) is 11.5 Å². The molecule has 0 fully saturated rings. The van der Waals surface area contributed by atoms with Crippen molar-refractivity contribution in [2.75, 3.05) is 14.2 Å². The summed E-state index contributed by atoms with van der Waals surface area (Å²) in [6, 6.07) is 14.9. The zero-order valence-corrected chi connectivity index (χ0v) is 12.9. The monoisotopic (exact) mass is 293 g/mol. The van der Waals surface area contributed by atoms with Crippen molar-refractivity contribution >= 4 is 10.9 Å². The molecule has 0 N–H and O–H groups in total. The van der Waals surface area contributed by atoms with Gasteiger partial charge in [0.25, 0.3) is 0 Å². The van der Waals surface area contributed by atoms with Crippen LogP contribution in [0.2, 0.25) is 0 Å².